The summed E-state index contributed by atoms with van der Waals surface area (Å²) < 4.78 is 16.7. The summed E-state index contributed by atoms with van der Waals surface area (Å²) in [7, 11) is 1.54. The van der Waals surface area contributed by atoms with Crippen molar-refractivity contribution in [2.24, 2.45) is 0 Å². The minimum Gasteiger partial charge on any atom is -0.493 e. The summed E-state index contributed by atoms with van der Waals surface area (Å²) >= 11 is 0. The highest BCUT2D eigenvalue weighted by molar-refractivity contribution is 6.01. The Bertz CT molecular complexity index is 1140. The van der Waals surface area contributed by atoms with Crippen LogP contribution in [0.25, 0.3) is 6.08 Å². The number of nitriles is 1. The molecule has 2 aromatic rings. The van der Waals surface area contributed by atoms with Gasteiger partial charge in [-0.05, 0) is 60.7 Å². The number of piperidine rings is 1. The molecule has 0 aromatic heterocycles. The van der Waals surface area contributed by atoms with Gasteiger partial charge in [-0.3, -0.25) is 9.59 Å². The number of methoxy groups -OCH3 is 1. The Hall–Kier alpha value is -3.83. The number of carbonyl (C=O) groups is 2. The SMILES string of the molecule is COc1cc(/C=C(/C#N)C(=O)N2CCOCC2)ccc1OCc1ccc(C(=O)N2CCCCC2)cc1. The lowest BCUT2D eigenvalue weighted by Gasteiger charge is -2.26. The Balaban J connectivity index is 1.40. The van der Waals surface area contributed by atoms with E-state index in [0.717, 1.165) is 31.5 Å². The van der Waals surface area contributed by atoms with Crippen molar-refractivity contribution in [3.63, 3.8) is 0 Å². The van der Waals surface area contributed by atoms with Crippen molar-refractivity contribution in [3.8, 4) is 17.6 Å². The largest absolute Gasteiger partial charge is 0.493 e. The van der Waals surface area contributed by atoms with Gasteiger partial charge in [0, 0.05) is 31.7 Å². The number of benzene rings is 2. The fourth-order valence-corrected chi connectivity index (χ4v) is 4.32. The highest BCUT2D eigenvalue weighted by Crippen LogP contribution is 2.30. The summed E-state index contributed by atoms with van der Waals surface area (Å²) in [6.07, 6.45) is 4.88. The lowest BCUT2D eigenvalue weighted by atomic mass is 10.1. The van der Waals surface area contributed by atoms with Crippen molar-refractivity contribution in [1.29, 1.82) is 5.26 Å². The maximum Gasteiger partial charge on any atom is 0.264 e. The van der Waals surface area contributed by atoms with Crippen molar-refractivity contribution in [2.45, 2.75) is 25.9 Å². The molecule has 2 amide bonds. The van der Waals surface area contributed by atoms with Gasteiger partial charge in [-0.1, -0.05) is 18.2 Å². The highest BCUT2D eigenvalue weighted by Gasteiger charge is 2.21. The van der Waals surface area contributed by atoms with Crippen LogP contribution in [0.1, 0.15) is 40.7 Å². The van der Waals surface area contributed by atoms with Crippen LogP contribution in [0.15, 0.2) is 48.0 Å². The van der Waals surface area contributed by atoms with E-state index in [-0.39, 0.29) is 17.4 Å². The molecule has 2 saturated heterocycles. The van der Waals surface area contributed by atoms with Crippen LogP contribution in [-0.2, 0) is 16.1 Å². The quantitative estimate of drug-likeness (QED) is 0.435. The predicted molar refractivity (Wildman–Crippen MR) is 135 cm³/mol. The fourth-order valence-electron chi connectivity index (χ4n) is 4.32. The molecule has 8 heteroatoms. The van der Waals surface area contributed by atoms with Crippen LogP contribution in [-0.4, -0.2) is 68.1 Å². The number of amides is 2. The van der Waals surface area contributed by atoms with E-state index in [0.29, 0.717) is 55.5 Å². The molecule has 0 aliphatic carbocycles. The molecule has 2 aliphatic rings. The van der Waals surface area contributed by atoms with Crippen LogP contribution < -0.4 is 9.47 Å². The van der Waals surface area contributed by atoms with Crippen molar-refractivity contribution in [3.05, 3.63) is 64.7 Å². The van der Waals surface area contributed by atoms with Gasteiger partial charge in [0.1, 0.15) is 18.2 Å². The van der Waals surface area contributed by atoms with Crippen LogP contribution >= 0.6 is 0 Å². The molecule has 36 heavy (non-hydrogen) atoms. The van der Waals surface area contributed by atoms with Gasteiger partial charge >= 0.3 is 0 Å². The summed E-state index contributed by atoms with van der Waals surface area (Å²) in [6, 6.07) is 14.8. The van der Waals surface area contributed by atoms with Gasteiger partial charge in [-0.25, -0.2) is 0 Å². The van der Waals surface area contributed by atoms with Gasteiger partial charge in [0.15, 0.2) is 11.5 Å². The topological polar surface area (TPSA) is 92.1 Å². The normalized spacial score (nSPS) is 16.3. The molecule has 0 bridgehead atoms. The number of nitrogens with zero attached hydrogens (tertiary/aromatic N) is 3. The standard InChI is InChI=1S/C28H31N3O5/c1-34-26-18-22(17-24(19-29)28(33)31-13-15-35-16-14-31)7-10-25(26)36-20-21-5-8-23(9-6-21)27(32)30-11-3-2-4-12-30/h5-10,17-18H,2-4,11-16,20H2,1H3/b24-17-. The first-order valence-corrected chi connectivity index (χ1v) is 12.3. The van der Waals surface area contributed by atoms with E-state index < -0.39 is 0 Å². The van der Waals surface area contributed by atoms with E-state index in [4.69, 9.17) is 14.2 Å². The summed E-state index contributed by atoms with van der Waals surface area (Å²) in [5.74, 6) is 0.816. The maximum atomic E-state index is 12.7. The Kier molecular flexibility index (Phi) is 8.58. The second-order valence-corrected chi connectivity index (χ2v) is 8.82. The van der Waals surface area contributed by atoms with Crippen molar-refractivity contribution in [2.75, 3.05) is 46.5 Å². The Labute approximate surface area is 211 Å². The van der Waals surface area contributed by atoms with Gasteiger partial charge < -0.3 is 24.0 Å². The van der Waals surface area contributed by atoms with Crippen molar-refractivity contribution in [1.82, 2.24) is 9.80 Å². The summed E-state index contributed by atoms with van der Waals surface area (Å²) in [6.45, 7) is 3.85. The number of morpholine rings is 1. The van der Waals surface area contributed by atoms with E-state index >= 15 is 0 Å². The van der Waals surface area contributed by atoms with Crippen LogP contribution in [0.2, 0.25) is 0 Å². The molecule has 0 N–H and O–H groups in total. The minimum absolute atomic E-state index is 0.0619. The minimum atomic E-state index is -0.303. The molecule has 0 radical (unpaired) electrons. The van der Waals surface area contributed by atoms with Gasteiger partial charge in [-0.15, -0.1) is 0 Å². The highest BCUT2D eigenvalue weighted by atomic mass is 16.5. The third kappa shape index (κ3) is 6.23. The monoisotopic (exact) mass is 489 g/mol. The number of hydrogen-bond acceptors (Lipinski definition) is 6. The molecule has 0 atom stereocenters. The lowest BCUT2D eigenvalue weighted by Crippen LogP contribution is -2.41. The molecule has 2 aromatic carbocycles. The van der Waals surface area contributed by atoms with Gasteiger partial charge in [-0.2, -0.15) is 5.26 Å². The molecular weight excluding hydrogens is 458 g/mol. The third-order valence-corrected chi connectivity index (χ3v) is 6.39. The number of carbonyl (C=O) groups excluding carboxylic acids is 2. The maximum absolute atomic E-state index is 12.7. The van der Waals surface area contributed by atoms with Crippen LogP contribution in [0.5, 0.6) is 11.5 Å². The molecule has 8 nitrogen and oxygen atoms in total. The molecule has 188 valence electrons. The van der Waals surface area contributed by atoms with E-state index in [9.17, 15) is 14.9 Å². The van der Waals surface area contributed by atoms with Crippen LogP contribution in [0, 0.1) is 11.3 Å². The van der Waals surface area contributed by atoms with Crippen molar-refractivity contribution < 1.29 is 23.8 Å². The number of rotatable bonds is 7. The van der Waals surface area contributed by atoms with E-state index in [1.807, 2.05) is 35.2 Å². The number of ether oxygens (including phenoxy) is 3. The first kappa shape index (κ1) is 25.3. The zero-order valence-electron chi connectivity index (χ0n) is 20.6. The zero-order valence-corrected chi connectivity index (χ0v) is 20.6. The van der Waals surface area contributed by atoms with Gasteiger partial charge in [0.2, 0.25) is 0 Å². The van der Waals surface area contributed by atoms with E-state index in [1.54, 1.807) is 36.3 Å². The number of likely N-dealkylation sites (tertiary alicyclic amines) is 1. The van der Waals surface area contributed by atoms with Gasteiger partial charge in [0.05, 0.1) is 20.3 Å². The lowest BCUT2D eigenvalue weighted by molar-refractivity contribution is -0.130. The summed E-state index contributed by atoms with van der Waals surface area (Å²) in [5.41, 5.74) is 2.35. The average Bonchev–Trinajstić information content (AvgIpc) is 2.95. The van der Waals surface area contributed by atoms with Crippen molar-refractivity contribution >= 4 is 17.9 Å². The molecular formula is C28H31N3O5. The fraction of sp³-hybridized carbons (Fsp3) is 0.393. The smallest absolute Gasteiger partial charge is 0.264 e. The first-order valence-electron chi connectivity index (χ1n) is 12.3. The van der Waals surface area contributed by atoms with Crippen LogP contribution in [0.3, 0.4) is 0 Å². The Morgan fingerprint density at radius 2 is 1.69 bits per heavy atom. The molecule has 4 rings (SSSR count). The first-order chi connectivity index (χ1) is 17.6. The molecule has 2 heterocycles. The number of hydrogen-bond donors (Lipinski definition) is 0. The average molecular weight is 490 g/mol. The van der Waals surface area contributed by atoms with Crippen LogP contribution in [0.4, 0.5) is 0 Å². The molecule has 0 saturated carbocycles. The predicted octanol–water partition coefficient (Wildman–Crippen LogP) is 3.67. The molecule has 0 spiro atoms. The second-order valence-electron chi connectivity index (χ2n) is 8.82. The zero-order chi connectivity index (χ0) is 25.3. The summed E-state index contributed by atoms with van der Waals surface area (Å²) in [5, 5.41) is 9.53. The molecule has 0 unspecified atom stereocenters. The Morgan fingerprint density at radius 1 is 0.972 bits per heavy atom. The molecule has 2 fully saturated rings. The van der Waals surface area contributed by atoms with E-state index in [2.05, 4.69) is 0 Å². The van der Waals surface area contributed by atoms with E-state index in [1.165, 1.54) is 6.42 Å². The third-order valence-electron chi connectivity index (χ3n) is 6.39. The second kappa shape index (κ2) is 12.2. The summed E-state index contributed by atoms with van der Waals surface area (Å²) in [4.78, 5) is 28.9. The van der Waals surface area contributed by atoms with Gasteiger partial charge in [0.25, 0.3) is 11.8 Å². The Morgan fingerprint density at radius 3 is 2.36 bits per heavy atom. The molecule has 2 aliphatic heterocycles.